The van der Waals surface area contributed by atoms with Gasteiger partial charge in [0.1, 0.15) is 18.8 Å². The van der Waals surface area contributed by atoms with Gasteiger partial charge in [-0.3, -0.25) is 20.0 Å². The standard InChI is InChI=1S/C35H35ClF4N10O3/c1-35(2,3)13-15-43-33(41)49(31(51)22-9-7-21(8-10-22)24-17-45-48(18-24)32(39)40)27(19-53-34(52)47-28-6-4-5-14-42-28)23-11-12-25(36)26(16-23)50-30(29(37)38)44-20-46-50/h4-12,14,16-18,20,27,29,32H,13,15,19H2,1-3H3,(H2,41,43)(H,42,47,52)/t27-/m1/s1. The summed E-state index contributed by atoms with van der Waals surface area (Å²) in [6.45, 7) is 2.92. The molecule has 0 radical (unpaired) electrons. The average Bonchev–Trinajstić information content (AvgIpc) is 3.82. The number of ether oxygens (including phenoxy) is 1. The van der Waals surface area contributed by atoms with Gasteiger partial charge in [-0.2, -0.15) is 19.0 Å². The highest BCUT2D eigenvalue weighted by molar-refractivity contribution is 6.32. The number of nitrogens with one attached hydrogen (secondary N) is 1. The minimum atomic E-state index is -3.00. The molecule has 3 aromatic heterocycles. The molecule has 0 aliphatic heterocycles. The number of halogens is 5. The van der Waals surface area contributed by atoms with Crippen molar-refractivity contribution in [1.82, 2.24) is 34.4 Å². The third kappa shape index (κ3) is 9.73. The van der Waals surface area contributed by atoms with E-state index in [1.807, 2.05) is 20.8 Å². The van der Waals surface area contributed by atoms with Crippen molar-refractivity contribution >= 4 is 35.4 Å². The van der Waals surface area contributed by atoms with E-state index in [1.54, 1.807) is 30.3 Å². The molecule has 5 aromatic rings. The monoisotopic (exact) mass is 754 g/mol. The van der Waals surface area contributed by atoms with Gasteiger partial charge in [-0.05, 0) is 59.4 Å². The number of carbonyl (C=O) groups excluding carboxylic acids is 2. The highest BCUT2D eigenvalue weighted by Crippen LogP contribution is 2.32. The molecule has 0 aliphatic rings. The normalized spacial score (nSPS) is 12.6. The summed E-state index contributed by atoms with van der Waals surface area (Å²) in [6.07, 6.45) is 1.54. The van der Waals surface area contributed by atoms with Crippen LogP contribution in [0, 0.1) is 5.41 Å². The minimum absolute atomic E-state index is 0.00393. The number of aromatic nitrogens is 6. The van der Waals surface area contributed by atoms with Gasteiger partial charge in [-0.25, -0.2) is 32.9 Å². The number of pyridine rings is 1. The maximum Gasteiger partial charge on any atom is 0.412 e. The Kier molecular flexibility index (Phi) is 12.1. The molecule has 0 unspecified atom stereocenters. The van der Waals surface area contributed by atoms with Crippen LogP contribution in [-0.4, -0.2) is 65.5 Å². The summed E-state index contributed by atoms with van der Waals surface area (Å²) in [5.74, 6) is -1.39. The first-order valence-corrected chi connectivity index (χ1v) is 16.5. The summed E-state index contributed by atoms with van der Waals surface area (Å²) in [7, 11) is 0. The molecular weight excluding hydrogens is 720 g/mol. The van der Waals surface area contributed by atoms with Gasteiger partial charge < -0.3 is 10.5 Å². The van der Waals surface area contributed by atoms with Crippen LogP contribution >= 0.6 is 11.6 Å². The first-order valence-electron chi connectivity index (χ1n) is 16.1. The van der Waals surface area contributed by atoms with Crippen LogP contribution in [-0.2, 0) is 4.74 Å². The molecule has 3 N–H and O–H groups in total. The van der Waals surface area contributed by atoms with Crippen LogP contribution < -0.4 is 11.1 Å². The van der Waals surface area contributed by atoms with Gasteiger partial charge in [0.05, 0.1) is 22.9 Å². The van der Waals surface area contributed by atoms with Gasteiger partial charge in [-0.15, -0.1) is 0 Å². The van der Waals surface area contributed by atoms with Crippen molar-refractivity contribution in [1.29, 1.82) is 0 Å². The minimum Gasteiger partial charge on any atom is -0.447 e. The number of aliphatic imine (C=N–C) groups is 1. The lowest BCUT2D eigenvalue weighted by Crippen LogP contribution is -2.46. The maximum absolute atomic E-state index is 14.5. The quantitative estimate of drug-likeness (QED) is 0.0745. The van der Waals surface area contributed by atoms with Gasteiger partial charge >= 0.3 is 12.6 Å². The summed E-state index contributed by atoms with van der Waals surface area (Å²) in [6, 6.07) is 14.0. The molecule has 2 amide bonds. The Hall–Kier alpha value is -5.84. The van der Waals surface area contributed by atoms with Gasteiger partial charge in [0.15, 0.2) is 11.8 Å². The molecule has 0 bridgehead atoms. The van der Waals surface area contributed by atoms with Crippen LogP contribution in [0.5, 0.6) is 0 Å². The van der Waals surface area contributed by atoms with Crippen molar-refractivity contribution < 1.29 is 31.9 Å². The molecule has 0 spiro atoms. The van der Waals surface area contributed by atoms with Gasteiger partial charge in [-0.1, -0.05) is 56.6 Å². The van der Waals surface area contributed by atoms with E-state index in [0.717, 1.165) is 15.9 Å². The largest absolute Gasteiger partial charge is 0.447 e. The maximum atomic E-state index is 14.5. The van der Waals surface area contributed by atoms with Crippen molar-refractivity contribution in [3.63, 3.8) is 0 Å². The highest BCUT2D eigenvalue weighted by Gasteiger charge is 2.32. The predicted octanol–water partition coefficient (Wildman–Crippen LogP) is 7.70. The van der Waals surface area contributed by atoms with E-state index in [0.29, 0.717) is 22.2 Å². The topological polar surface area (TPSA) is 158 Å². The van der Waals surface area contributed by atoms with Crippen LogP contribution in [0.1, 0.15) is 68.0 Å². The predicted molar refractivity (Wildman–Crippen MR) is 189 cm³/mol. The number of rotatable bonds is 12. The number of guanidine groups is 1. The molecule has 53 heavy (non-hydrogen) atoms. The van der Waals surface area contributed by atoms with E-state index in [1.165, 1.54) is 48.9 Å². The molecule has 18 heteroatoms. The summed E-state index contributed by atoms with van der Waals surface area (Å²) < 4.78 is 61.0. The van der Waals surface area contributed by atoms with E-state index in [2.05, 4.69) is 30.5 Å². The lowest BCUT2D eigenvalue weighted by Gasteiger charge is -2.31. The summed E-state index contributed by atoms with van der Waals surface area (Å²) >= 11 is 6.47. The zero-order valence-electron chi connectivity index (χ0n) is 28.7. The molecule has 5 rings (SSSR count). The van der Waals surface area contributed by atoms with Crippen LogP contribution in [0.25, 0.3) is 16.8 Å². The second kappa shape index (κ2) is 16.7. The second-order valence-electron chi connectivity index (χ2n) is 12.8. The number of carbonyl (C=O) groups is 2. The molecule has 0 fully saturated rings. The zero-order valence-corrected chi connectivity index (χ0v) is 29.5. The van der Waals surface area contributed by atoms with Crippen LogP contribution in [0.3, 0.4) is 0 Å². The number of nitrogens with zero attached hydrogens (tertiary/aromatic N) is 8. The number of alkyl halides is 4. The molecular formula is C35H35ClF4N10O3. The number of hydrogen-bond acceptors (Lipinski definition) is 8. The third-order valence-corrected chi connectivity index (χ3v) is 8.12. The SMILES string of the molecule is CC(C)(C)CCN=C(N)N(C(=O)c1ccc(-c2cnn(C(F)F)c2)cc1)[C@H](COC(=O)Nc1ccccn1)c1ccc(Cl)c(-n2ncnc2C(F)F)c1. The molecule has 3 heterocycles. The fourth-order valence-electron chi connectivity index (χ4n) is 5.06. The fraction of sp³-hybridized carbons (Fsp3) is 0.286. The Labute approximate surface area is 306 Å². The summed E-state index contributed by atoms with van der Waals surface area (Å²) in [5.41, 5.74) is 7.71. The van der Waals surface area contributed by atoms with Gasteiger partial charge in [0.25, 0.3) is 12.3 Å². The van der Waals surface area contributed by atoms with Gasteiger partial charge in [0.2, 0.25) is 0 Å². The Balaban J connectivity index is 1.58. The van der Waals surface area contributed by atoms with Crippen molar-refractivity contribution in [3.05, 3.63) is 108 Å². The molecule has 0 saturated carbocycles. The zero-order chi connectivity index (χ0) is 38.3. The Morgan fingerprint density at radius 2 is 1.77 bits per heavy atom. The fourth-order valence-corrected chi connectivity index (χ4v) is 5.26. The number of hydrogen-bond donors (Lipinski definition) is 2. The van der Waals surface area contributed by atoms with Crippen LogP contribution in [0.2, 0.25) is 5.02 Å². The van der Waals surface area contributed by atoms with Gasteiger partial charge in [0, 0.05) is 30.1 Å². The van der Waals surface area contributed by atoms with E-state index in [-0.39, 0.29) is 45.6 Å². The number of anilines is 1. The number of amides is 2. The van der Waals surface area contributed by atoms with Crippen LogP contribution in [0.15, 0.2) is 90.6 Å². The van der Waals surface area contributed by atoms with Crippen molar-refractivity contribution in [3.8, 4) is 16.8 Å². The lowest BCUT2D eigenvalue weighted by atomic mass is 9.92. The first-order chi connectivity index (χ1) is 25.2. The molecule has 2 aromatic carbocycles. The summed E-state index contributed by atoms with van der Waals surface area (Å²) in [5, 5.41) is 10.1. The van der Waals surface area contributed by atoms with E-state index in [9.17, 15) is 27.2 Å². The second-order valence-corrected chi connectivity index (χ2v) is 13.2. The first kappa shape index (κ1) is 38.4. The van der Waals surface area contributed by atoms with E-state index in [4.69, 9.17) is 22.1 Å². The molecule has 13 nitrogen and oxygen atoms in total. The molecule has 1 atom stereocenters. The van der Waals surface area contributed by atoms with Crippen molar-refractivity contribution in [2.24, 2.45) is 16.1 Å². The molecule has 0 aliphatic carbocycles. The third-order valence-electron chi connectivity index (χ3n) is 7.80. The highest BCUT2D eigenvalue weighted by atomic mass is 35.5. The van der Waals surface area contributed by atoms with Crippen molar-refractivity contribution in [2.75, 3.05) is 18.5 Å². The van der Waals surface area contributed by atoms with E-state index >= 15 is 0 Å². The molecule has 278 valence electrons. The Morgan fingerprint density at radius 3 is 2.42 bits per heavy atom. The smallest absolute Gasteiger partial charge is 0.412 e. The van der Waals surface area contributed by atoms with Crippen molar-refractivity contribution in [2.45, 2.75) is 46.2 Å². The molecule has 0 saturated heterocycles. The van der Waals surface area contributed by atoms with E-state index < -0.39 is 43.4 Å². The number of nitrogens with two attached hydrogens (primary N) is 1. The Morgan fingerprint density at radius 1 is 1.02 bits per heavy atom. The average molecular weight is 755 g/mol. The van der Waals surface area contributed by atoms with Crippen LogP contribution in [0.4, 0.5) is 28.2 Å². The summed E-state index contributed by atoms with van der Waals surface area (Å²) in [4.78, 5) is 40.8. The lowest BCUT2D eigenvalue weighted by molar-refractivity contribution is 0.0566. The Bertz CT molecular complexity index is 2050. The number of benzene rings is 2.